The number of carboxylic acid groups (broad SMARTS) is 1. The van der Waals surface area contributed by atoms with Crippen LogP contribution in [0.5, 0.6) is 0 Å². The first kappa shape index (κ1) is 17.8. The Bertz CT molecular complexity index is 589. The van der Waals surface area contributed by atoms with E-state index in [9.17, 15) is 14.7 Å². The van der Waals surface area contributed by atoms with Crippen LogP contribution in [-0.4, -0.2) is 46.3 Å². The van der Waals surface area contributed by atoms with Gasteiger partial charge < -0.3 is 20.1 Å². The maximum Gasteiger partial charge on any atom is 0.410 e. The number of rotatable bonds is 4. The predicted octanol–water partition coefficient (Wildman–Crippen LogP) is 3.17. The predicted molar refractivity (Wildman–Crippen MR) is 95.6 cm³/mol. The second-order valence-corrected chi connectivity index (χ2v) is 8.06. The standard InChI is InChI=1S/C16H21IN2O4/c1-15(2,3)23-14(22)19-9-16(10-19,8-13(20)21)18-12-6-4-11(17)5-7-12/h4-7,18H,8-10H2,1-3H3,(H,20,21). The van der Waals surface area contributed by atoms with Gasteiger partial charge in [-0.1, -0.05) is 0 Å². The van der Waals surface area contributed by atoms with Crippen LogP contribution in [0.3, 0.4) is 0 Å². The van der Waals surface area contributed by atoms with Crippen LogP contribution in [0.25, 0.3) is 0 Å². The summed E-state index contributed by atoms with van der Waals surface area (Å²) in [6.07, 6.45) is -0.471. The average molecular weight is 432 g/mol. The number of benzene rings is 1. The highest BCUT2D eigenvalue weighted by Gasteiger charge is 2.48. The van der Waals surface area contributed by atoms with E-state index in [1.54, 1.807) is 20.8 Å². The van der Waals surface area contributed by atoms with Crippen LogP contribution in [0.2, 0.25) is 0 Å². The Hall–Kier alpha value is -1.51. The van der Waals surface area contributed by atoms with Gasteiger partial charge in [0.2, 0.25) is 0 Å². The number of nitrogens with one attached hydrogen (secondary N) is 1. The molecular formula is C16H21IN2O4. The normalized spacial score (nSPS) is 16.4. The van der Waals surface area contributed by atoms with E-state index in [0.717, 1.165) is 9.26 Å². The molecule has 1 fully saturated rings. The minimum Gasteiger partial charge on any atom is -0.481 e. The van der Waals surface area contributed by atoms with Gasteiger partial charge in [0.1, 0.15) is 5.60 Å². The highest BCUT2D eigenvalue weighted by Crippen LogP contribution is 2.31. The summed E-state index contributed by atoms with van der Waals surface area (Å²) in [6.45, 7) is 6.03. The summed E-state index contributed by atoms with van der Waals surface area (Å²) in [7, 11) is 0. The Morgan fingerprint density at radius 3 is 2.35 bits per heavy atom. The second kappa shape index (κ2) is 6.54. The molecule has 1 aromatic rings. The van der Waals surface area contributed by atoms with Gasteiger partial charge in [0.15, 0.2) is 0 Å². The fourth-order valence-corrected chi connectivity index (χ4v) is 2.86. The summed E-state index contributed by atoms with van der Waals surface area (Å²) in [5, 5.41) is 12.4. The molecule has 0 spiro atoms. The number of carbonyl (C=O) groups is 2. The quantitative estimate of drug-likeness (QED) is 0.715. The molecule has 23 heavy (non-hydrogen) atoms. The molecule has 2 rings (SSSR count). The maximum absolute atomic E-state index is 12.0. The van der Waals surface area contributed by atoms with E-state index < -0.39 is 23.2 Å². The largest absolute Gasteiger partial charge is 0.481 e. The zero-order chi connectivity index (χ0) is 17.3. The van der Waals surface area contributed by atoms with E-state index in [2.05, 4.69) is 27.9 Å². The van der Waals surface area contributed by atoms with Gasteiger partial charge in [-0.15, -0.1) is 0 Å². The van der Waals surface area contributed by atoms with Crippen LogP contribution in [0.15, 0.2) is 24.3 Å². The van der Waals surface area contributed by atoms with Crippen molar-refractivity contribution < 1.29 is 19.4 Å². The van der Waals surface area contributed by atoms with Gasteiger partial charge in [-0.3, -0.25) is 4.79 Å². The number of likely N-dealkylation sites (tertiary alicyclic amines) is 1. The molecule has 0 saturated carbocycles. The van der Waals surface area contributed by atoms with E-state index in [4.69, 9.17) is 4.74 Å². The first-order chi connectivity index (χ1) is 10.6. The molecule has 0 aliphatic carbocycles. The lowest BCUT2D eigenvalue weighted by molar-refractivity contribution is -0.139. The molecule has 0 aromatic heterocycles. The monoisotopic (exact) mass is 432 g/mol. The molecule has 1 aromatic carbocycles. The van der Waals surface area contributed by atoms with Crippen LogP contribution in [0.1, 0.15) is 27.2 Å². The van der Waals surface area contributed by atoms with E-state index in [1.807, 2.05) is 24.3 Å². The van der Waals surface area contributed by atoms with Gasteiger partial charge in [-0.05, 0) is 67.6 Å². The van der Waals surface area contributed by atoms with Crippen LogP contribution < -0.4 is 5.32 Å². The third kappa shape index (κ3) is 4.98. The molecule has 6 nitrogen and oxygen atoms in total. The van der Waals surface area contributed by atoms with Crippen LogP contribution >= 0.6 is 22.6 Å². The molecule has 126 valence electrons. The highest BCUT2D eigenvalue weighted by atomic mass is 127. The van der Waals surface area contributed by atoms with E-state index in [-0.39, 0.29) is 6.42 Å². The first-order valence-corrected chi connectivity index (χ1v) is 8.40. The van der Waals surface area contributed by atoms with E-state index >= 15 is 0 Å². The fourth-order valence-electron chi connectivity index (χ4n) is 2.50. The first-order valence-electron chi connectivity index (χ1n) is 7.32. The Kier molecular flexibility index (Phi) is 5.07. The molecule has 0 bridgehead atoms. The topological polar surface area (TPSA) is 78.9 Å². The SMILES string of the molecule is CC(C)(C)OC(=O)N1CC(CC(=O)O)(Nc2ccc(I)cc2)C1. The van der Waals surface area contributed by atoms with Gasteiger partial charge in [0.25, 0.3) is 0 Å². The zero-order valence-corrected chi connectivity index (χ0v) is 15.6. The van der Waals surface area contributed by atoms with Crippen molar-refractivity contribution in [2.24, 2.45) is 0 Å². The number of aliphatic carboxylic acids is 1. The van der Waals surface area contributed by atoms with E-state index in [0.29, 0.717) is 13.1 Å². The highest BCUT2D eigenvalue weighted by molar-refractivity contribution is 14.1. The molecule has 1 saturated heterocycles. The Morgan fingerprint density at radius 1 is 1.30 bits per heavy atom. The van der Waals surface area contributed by atoms with E-state index in [1.165, 1.54) is 4.90 Å². The lowest BCUT2D eigenvalue weighted by atomic mass is 9.86. The number of anilines is 1. The number of carboxylic acids is 1. The van der Waals surface area contributed by atoms with Gasteiger partial charge >= 0.3 is 12.1 Å². The summed E-state index contributed by atoms with van der Waals surface area (Å²) < 4.78 is 6.42. The van der Waals surface area contributed by atoms with Crippen molar-refractivity contribution in [3.63, 3.8) is 0 Å². The van der Waals surface area contributed by atoms with Crippen molar-refractivity contribution in [1.82, 2.24) is 4.90 Å². The van der Waals surface area contributed by atoms with Crippen LogP contribution in [0, 0.1) is 3.57 Å². The van der Waals surface area contributed by atoms with Crippen LogP contribution in [0.4, 0.5) is 10.5 Å². The molecule has 0 radical (unpaired) electrons. The number of hydrogen-bond donors (Lipinski definition) is 2. The average Bonchev–Trinajstić information content (AvgIpc) is 2.35. The number of amides is 1. The summed E-state index contributed by atoms with van der Waals surface area (Å²) in [4.78, 5) is 24.7. The third-order valence-corrected chi connectivity index (χ3v) is 4.10. The lowest BCUT2D eigenvalue weighted by Gasteiger charge is -2.50. The summed E-state index contributed by atoms with van der Waals surface area (Å²) in [6, 6.07) is 7.70. The number of halogens is 1. The second-order valence-electron chi connectivity index (χ2n) is 6.82. The molecular weight excluding hydrogens is 411 g/mol. The maximum atomic E-state index is 12.0. The number of hydrogen-bond acceptors (Lipinski definition) is 4. The Balaban J connectivity index is 2.04. The Morgan fingerprint density at radius 2 is 1.87 bits per heavy atom. The van der Waals surface area contributed by atoms with Crippen molar-refractivity contribution in [2.45, 2.75) is 38.3 Å². The summed E-state index contributed by atoms with van der Waals surface area (Å²) in [5.41, 5.74) is -0.378. The smallest absolute Gasteiger partial charge is 0.410 e. The van der Waals surface area contributed by atoms with Gasteiger partial charge in [0, 0.05) is 22.3 Å². The van der Waals surface area contributed by atoms with Gasteiger partial charge in [-0.25, -0.2) is 4.79 Å². The molecule has 1 heterocycles. The minimum atomic E-state index is -0.896. The van der Waals surface area contributed by atoms with Gasteiger partial charge in [-0.2, -0.15) is 0 Å². The van der Waals surface area contributed by atoms with Crippen molar-refractivity contribution in [3.8, 4) is 0 Å². The molecule has 1 aliphatic rings. The lowest BCUT2D eigenvalue weighted by Crippen LogP contribution is -2.68. The molecule has 0 unspecified atom stereocenters. The van der Waals surface area contributed by atoms with Crippen molar-refractivity contribution in [1.29, 1.82) is 0 Å². The van der Waals surface area contributed by atoms with Crippen molar-refractivity contribution in [3.05, 3.63) is 27.8 Å². The van der Waals surface area contributed by atoms with Gasteiger partial charge in [0.05, 0.1) is 12.0 Å². The molecule has 2 N–H and O–H groups in total. The fraction of sp³-hybridized carbons (Fsp3) is 0.500. The van der Waals surface area contributed by atoms with Crippen molar-refractivity contribution >= 4 is 40.3 Å². The number of nitrogens with zero attached hydrogens (tertiary/aromatic N) is 1. The molecule has 0 atom stereocenters. The van der Waals surface area contributed by atoms with Crippen LogP contribution in [-0.2, 0) is 9.53 Å². The Labute approximate surface area is 149 Å². The number of ether oxygens (including phenoxy) is 1. The molecule has 7 heteroatoms. The summed E-state index contributed by atoms with van der Waals surface area (Å²) >= 11 is 2.21. The molecule has 1 amide bonds. The molecule has 1 aliphatic heterocycles. The third-order valence-electron chi connectivity index (χ3n) is 3.38. The number of carbonyl (C=O) groups excluding carboxylic acids is 1. The summed E-state index contributed by atoms with van der Waals surface area (Å²) in [5.74, 6) is -0.896. The minimum absolute atomic E-state index is 0.0573. The zero-order valence-electron chi connectivity index (χ0n) is 13.4. The van der Waals surface area contributed by atoms with Crippen molar-refractivity contribution in [2.75, 3.05) is 18.4 Å².